The maximum absolute atomic E-state index is 11.0. The number of ether oxygens (including phenoxy) is 1. The molecule has 0 aliphatic heterocycles. The molecule has 3 nitrogen and oxygen atoms in total. The van der Waals surface area contributed by atoms with E-state index in [-0.39, 0.29) is 0 Å². The second kappa shape index (κ2) is 6.16. The molecule has 0 spiro atoms. The molecule has 0 heterocycles. The second-order valence-electron chi connectivity index (χ2n) is 4.00. The molecular formula is C13H19NO2. The largest absolute Gasteiger partial charge is 0.412 e. The van der Waals surface area contributed by atoms with Crippen molar-refractivity contribution in [2.24, 2.45) is 5.92 Å². The van der Waals surface area contributed by atoms with Gasteiger partial charge in [0.15, 0.2) is 0 Å². The smallest absolute Gasteiger partial charge is 0.410 e. The summed E-state index contributed by atoms with van der Waals surface area (Å²) in [5.74, 6) is 1.26. The number of benzene rings is 1. The molecule has 88 valence electrons. The first-order chi connectivity index (χ1) is 7.65. The van der Waals surface area contributed by atoms with Crippen molar-refractivity contribution >= 4 is 6.09 Å². The number of hydrogen-bond acceptors (Lipinski definition) is 2. The lowest BCUT2D eigenvalue weighted by Crippen LogP contribution is -2.21. The molecule has 0 saturated carbocycles. The third kappa shape index (κ3) is 3.93. The van der Waals surface area contributed by atoms with Crippen molar-refractivity contribution in [2.45, 2.75) is 26.7 Å². The van der Waals surface area contributed by atoms with Crippen molar-refractivity contribution in [2.75, 3.05) is 7.05 Å². The molecule has 3 heteroatoms. The zero-order chi connectivity index (χ0) is 12.0. The van der Waals surface area contributed by atoms with Gasteiger partial charge in [0, 0.05) is 7.05 Å². The highest BCUT2D eigenvalue weighted by molar-refractivity contribution is 5.69. The van der Waals surface area contributed by atoms with Crippen LogP contribution < -0.4 is 10.1 Å². The fraction of sp³-hybridized carbons (Fsp3) is 0.462. The summed E-state index contributed by atoms with van der Waals surface area (Å²) >= 11 is 0. The van der Waals surface area contributed by atoms with E-state index in [1.54, 1.807) is 7.05 Å². The van der Waals surface area contributed by atoms with Gasteiger partial charge < -0.3 is 10.1 Å². The van der Waals surface area contributed by atoms with E-state index in [1.807, 2.05) is 24.3 Å². The lowest BCUT2D eigenvalue weighted by molar-refractivity contribution is 0.203. The van der Waals surface area contributed by atoms with Crippen LogP contribution in [0.1, 0.15) is 25.8 Å². The van der Waals surface area contributed by atoms with Crippen LogP contribution in [-0.4, -0.2) is 13.1 Å². The van der Waals surface area contributed by atoms with E-state index in [0.717, 1.165) is 6.42 Å². The van der Waals surface area contributed by atoms with Crippen LogP contribution in [0.4, 0.5) is 4.79 Å². The monoisotopic (exact) mass is 221 g/mol. The first-order valence-electron chi connectivity index (χ1n) is 5.64. The minimum absolute atomic E-state index is 0.435. The van der Waals surface area contributed by atoms with Gasteiger partial charge in [0.1, 0.15) is 5.75 Å². The molecule has 0 aliphatic carbocycles. The molecular weight excluding hydrogens is 202 g/mol. The van der Waals surface area contributed by atoms with Crippen LogP contribution in [-0.2, 0) is 6.42 Å². The van der Waals surface area contributed by atoms with Gasteiger partial charge in [-0.1, -0.05) is 32.4 Å². The van der Waals surface area contributed by atoms with Crippen molar-refractivity contribution < 1.29 is 9.53 Å². The molecule has 0 aromatic heterocycles. The first kappa shape index (κ1) is 12.6. The van der Waals surface area contributed by atoms with E-state index in [4.69, 9.17) is 4.74 Å². The van der Waals surface area contributed by atoms with Gasteiger partial charge in [0.05, 0.1) is 0 Å². The van der Waals surface area contributed by atoms with Gasteiger partial charge >= 0.3 is 6.09 Å². The van der Waals surface area contributed by atoms with Crippen molar-refractivity contribution in [1.82, 2.24) is 5.32 Å². The highest BCUT2D eigenvalue weighted by Gasteiger charge is 2.03. The Kier molecular flexibility index (Phi) is 4.83. The maximum atomic E-state index is 11.0. The SMILES string of the molecule is CCC(C)Cc1ccc(OC(=O)NC)cc1. The van der Waals surface area contributed by atoms with E-state index in [0.29, 0.717) is 11.7 Å². The van der Waals surface area contributed by atoms with E-state index < -0.39 is 6.09 Å². The Morgan fingerprint density at radius 3 is 2.50 bits per heavy atom. The zero-order valence-corrected chi connectivity index (χ0v) is 10.1. The van der Waals surface area contributed by atoms with Crippen LogP contribution in [0.5, 0.6) is 5.75 Å². The van der Waals surface area contributed by atoms with Crippen molar-refractivity contribution in [3.05, 3.63) is 29.8 Å². The van der Waals surface area contributed by atoms with Crippen LogP contribution in [0, 0.1) is 5.92 Å². The summed E-state index contributed by atoms with van der Waals surface area (Å²) in [7, 11) is 1.54. The Hall–Kier alpha value is -1.51. The molecule has 1 rings (SSSR count). The highest BCUT2D eigenvalue weighted by Crippen LogP contribution is 2.16. The summed E-state index contributed by atoms with van der Waals surface area (Å²) in [6.07, 6.45) is 1.81. The van der Waals surface area contributed by atoms with Crippen molar-refractivity contribution in [3.63, 3.8) is 0 Å². The summed E-state index contributed by atoms with van der Waals surface area (Å²) in [6, 6.07) is 7.66. The number of rotatable bonds is 4. The number of nitrogens with one attached hydrogen (secondary N) is 1. The van der Waals surface area contributed by atoms with E-state index in [9.17, 15) is 4.79 Å². The molecule has 0 fully saturated rings. The molecule has 0 radical (unpaired) electrons. The van der Waals surface area contributed by atoms with Gasteiger partial charge in [0.25, 0.3) is 0 Å². The average Bonchev–Trinajstić information content (AvgIpc) is 2.31. The van der Waals surface area contributed by atoms with Gasteiger partial charge in [-0.15, -0.1) is 0 Å². The Bertz CT molecular complexity index is 332. The minimum Gasteiger partial charge on any atom is -0.410 e. The Balaban J connectivity index is 2.57. The van der Waals surface area contributed by atoms with Crippen LogP contribution in [0.2, 0.25) is 0 Å². The number of carbonyl (C=O) groups is 1. The molecule has 16 heavy (non-hydrogen) atoms. The Morgan fingerprint density at radius 1 is 1.38 bits per heavy atom. The second-order valence-corrected chi connectivity index (χ2v) is 4.00. The molecule has 0 aliphatic rings. The molecule has 1 amide bonds. The first-order valence-corrected chi connectivity index (χ1v) is 5.64. The lowest BCUT2D eigenvalue weighted by Gasteiger charge is -2.09. The fourth-order valence-corrected chi connectivity index (χ4v) is 1.40. The summed E-state index contributed by atoms with van der Waals surface area (Å²) < 4.78 is 5.00. The number of carbonyl (C=O) groups excluding carboxylic acids is 1. The predicted octanol–water partition coefficient (Wildman–Crippen LogP) is 2.99. The van der Waals surface area contributed by atoms with E-state index in [2.05, 4.69) is 19.2 Å². The molecule has 0 saturated heterocycles. The van der Waals surface area contributed by atoms with Gasteiger partial charge in [-0.2, -0.15) is 0 Å². The highest BCUT2D eigenvalue weighted by atomic mass is 16.5. The van der Waals surface area contributed by atoms with E-state index in [1.165, 1.54) is 12.0 Å². The van der Waals surface area contributed by atoms with Gasteiger partial charge in [-0.25, -0.2) is 4.79 Å². The van der Waals surface area contributed by atoms with Crippen molar-refractivity contribution in [1.29, 1.82) is 0 Å². The summed E-state index contributed by atoms with van der Waals surface area (Å²) in [5.41, 5.74) is 1.28. The average molecular weight is 221 g/mol. The third-order valence-electron chi connectivity index (χ3n) is 2.62. The summed E-state index contributed by atoms with van der Waals surface area (Å²) in [5, 5.41) is 2.41. The lowest BCUT2D eigenvalue weighted by atomic mass is 9.99. The molecule has 0 bridgehead atoms. The predicted molar refractivity (Wildman–Crippen MR) is 64.7 cm³/mol. The molecule has 1 atom stereocenters. The van der Waals surface area contributed by atoms with Crippen LogP contribution in [0.3, 0.4) is 0 Å². The quantitative estimate of drug-likeness (QED) is 0.848. The van der Waals surface area contributed by atoms with Crippen LogP contribution >= 0.6 is 0 Å². The minimum atomic E-state index is -0.435. The maximum Gasteiger partial charge on any atom is 0.412 e. The van der Waals surface area contributed by atoms with Gasteiger partial charge in [-0.05, 0) is 30.0 Å². The third-order valence-corrected chi connectivity index (χ3v) is 2.62. The number of hydrogen-bond donors (Lipinski definition) is 1. The van der Waals surface area contributed by atoms with Gasteiger partial charge in [-0.3, -0.25) is 0 Å². The number of amides is 1. The summed E-state index contributed by atoms with van der Waals surface area (Å²) in [6.45, 7) is 4.42. The molecule has 1 N–H and O–H groups in total. The topological polar surface area (TPSA) is 38.3 Å². The van der Waals surface area contributed by atoms with Crippen LogP contribution in [0.25, 0.3) is 0 Å². The molecule has 1 aromatic rings. The summed E-state index contributed by atoms with van der Waals surface area (Å²) in [4.78, 5) is 11.0. The normalized spacial score (nSPS) is 11.9. The van der Waals surface area contributed by atoms with E-state index >= 15 is 0 Å². The Labute approximate surface area is 96.8 Å². The standard InChI is InChI=1S/C13H19NO2/c1-4-10(2)9-11-5-7-12(8-6-11)16-13(15)14-3/h5-8,10H,4,9H2,1-3H3,(H,14,15). The molecule has 1 unspecified atom stereocenters. The zero-order valence-electron chi connectivity index (χ0n) is 10.1. The Morgan fingerprint density at radius 2 is 2.00 bits per heavy atom. The van der Waals surface area contributed by atoms with Crippen LogP contribution in [0.15, 0.2) is 24.3 Å². The fourth-order valence-electron chi connectivity index (χ4n) is 1.40. The van der Waals surface area contributed by atoms with Crippen molar-refractivity contribution in [3.8, 4) is 5.75 Å². The van der Waals surface area contributed by atoms with Gasteiger partial charge in [0.2, 0.25) is 0 Å². The molecule has 1 aromatic carbocycles.